The molecule has 19 heavy (non-hydrogen) atoms. The van der Waals surface area contributed by atoms with Gasteiger partial charge in [0, 0.05) is 19.1 Å². The van der Waals surface area contributed by atoms with E-state index in [0.29, 0.717) is 6.54 Å². The Labute approximate surface area is 118 Å². The summed E-state index contributed by atoms with van der Waals surface area (Å²) in [6.07, 6.45) is 2.82. The quantitative estimate of drug-likeness (QED) is 0.493. The first-order valence-corrected chi connectivity index (χ1v) is 7.50. The van der Waals surface area contributed by atoms with E-state index in [1.54, 1.807) is 0 Å². The fourth-order valence-corrected chi connectivity index (χ4v) is 2.49. The molecule has 1 aromatic rings. The van der Waals surface area contributed by atoms with E-state index in [9.17, 15) is 10.0 Å². The Morgan fingerprint density at radius 1 is 1.32 bits per heavy atom. The molecule has 106 valence electrons. The van der Waals surface area contributed by atoms with Gasteiger partial charge in [-0.1, -0.05) is 32.0 Å². The van der Waals surface area contributed by atoms with Gasteiger partial charge in [-0.2, -0.15) is 0 Å². The van der Waals surface area contributed by atoms with Crippen molar-refractivity contribution in [2.24, 2.45) is 0 Å². The number of hydrogen-bond donors (Lipinski definition) is 1. The van der Waals surface area contributed by atoms with E-state index in [-0.39, 0.29) is 11.6 Å². The maximum absolute atomic E-state index is 10.9. The molecule has 4 heteroatoms. The van der Waals surface area contributed by atoms with Crippen LogP contribution in [-0.4, -0.2) is 22.7 Å². The molecule has 0 aromatic heterocycles. The molecule has 0 saturated carbocycles. The van der Waals surface area contributed by atoms with Crippen LogP contribution in [0.25, 0.3) is 0 Å². The molecule has 0 bridgehead atoms. The molecule has 0 aliphatic carbocycles. The highest BCUT2D eigenvalue weighted by Gasteiger charge is 2.11. The van der Waals surface area contributed by atoms with Crippen LogP contribution in [0.4, 0.5) is 0 Å². The van der Waals surface area contributed by atoms with Crippen LogP contribution < -0.4 is 0 Å². The third-order valence-corrected chi connectivity index (χ3v) is 4.15. The summed E-state index contributed by atoms with van der Waals surface area (Å²) in [5.74, 6) is -0.312. The molecule has 0 spiro atoms. The van der Waals surface area contributed by atoms with Gasteiger partial charge in [-0.05, 0) is 36.0 Å². The van der Waals surface area contributed by atoms with Crippen molar-refractivity contribution in [1.29, 1.82) is 0 Å². The Morgan fingerprint density at radius 3 is 2.47 bits per heavy atom. The van der Waals surface area contributed by atoms with Gasteiger partial charge in [0.1, 0.15) is 0 Å². The van der Waals surface area contributed by atoms with Crippen molar-refractivity contribution in [3.63, 3.8) is 0 Å². The standard InChI is InChI=1S/C15H24NO2P/c1-4-12-6-7-14(10-13(12)5-2)15(19)8-9-16(18)11(3)17/h6-7,10,15,18H,4-5,8-9,19H2,1-3H3. The van der Waals surface area contributed by atoms with E-state index in [2.05, 4.69) is 41.3 Å². The van der Waals surface area contributed by atoms with E-state index >= 15 is 0 Å². The van der Waals surface area contributed by atoms with Crippen molar-refractivity contribution in [2.45, 2.75) is 45.7 Å². The van der Waals surface area contributed by atoms with Crippen molar-refractivity contribution >= 4 is 15.1 Å². The zero-order valence-electron chi connectivity index (χ0n) is 12.0. The zero-order valence-corrected chi connectivity index (χ0v) is 13.2. The van der Waals surface area contributed by atoms with E-state index in [1.807, 2.05) is 0 Å². The average molecular weight is 281 g/mol. The van der Waals surface area contributed by atoms with Crippen LogP contribution in [0.15, 0.2) is 18.2 Å². The fraction of sp³-hybridized carbons (Fsp3) is 0.533. The highest BCUT2D eigenvalue weighted by Crippen LogP contribution is 2.28. The lowest BCUT2D eigenvalue weighted by Crippen LogP contribution is -2.26. The summed E-state index contributed by atoms with van der Waals surface area (Å²) in [4.78, 5) is 10.9. The number of carbonyl (C=O) groups excluding carboxylic acids is 1. The van der Waals surface area contributed by atoms with Crippen molar-refractivity contribution in [3.05, 3.63) is 34.9 Å². The molecule has 3 nitrogen and oxygen atoms in total. The molecule has 2 unspecified atom stereocenters. The Bertz CT molecular complexity index is 434. The minimum atomic E-state index is -0.312. The monoisotopic (exact) mass is 281 g/mol. The summed E-state index contributed by atoms with van der Waals surface area (Å²) < 4.78 is 0. The zero-order chi connectivity index (χ0) is 14.4. The lowest BCUT2D eigenvalue weighted by molar-refractivity contribution is -0.162. The third kappa shape index (κ3) is 4.59. The van der Waals surface area contributed by atoms with E-state index in [1.165, 1.54) is 23.6 Å². The molecule has 2 atom stereocenters. The smallest absolute Gasteiger partial charge is 0.242 e. The van der Waals surface area contributed by atoms with Crippen molar-refractivity contribution in [2.75, 3.05) is 6.54 Å². The van der Waals surface area contributed by atoms with Crippen LogP contribution in [0.2, 0.25) is 0 Å². The lowest BCUT2D eigenvalue weighted by atomic mass is 9.98. The largest absolute Gasteiger partial charge is 0.286 e. The van der Waals surface area contributed by atoms with Crippen LogP contribution in [0.1, 0.15) is 49.5 Å². The van der Waals surface area contributed by atoms with Crippen LogP contribution in [0, 0.1) is 0 Å². The van der Waals surface area contributed by atoms with Gasteiger partial charge in [-0.15, -0.1) is 9.24 Å². The molecular formula is C15H24NO2P. The second kappa shape index (κ2) is 7.62. The molecule has 0 heterocycles. The Balaban J connectivity index is 2.71. The number of amides is 1. The molecule has 1 N–H and O–H groups in total. The number of nitrogens with zero attached hydrogens (tertiary/aromatic N) is 1. The molecule has 0 saturated heterocycles. The second-order valence-electron chi connectivity index (χ2n) is 4.77. The van der Waals surface area contributed by atoms with Gasteiger partial charge < -0.3 is 0 Å². The van der Waals surface area contributed by atoms with Gasteiger partial charge >= 0.3 is 0 Å². The molecule has 0 radical (unpaired) electrons. The average Bonchev–Trinajstić information content (AvgIpc) is 2.43. The van der Waals surface area contributed by atoms with Crippen LogP contribution in [0.5, 0.6) is 0 Å². The van der Waals surface area contributed by atoms with Crippen molar-refractivity contribution < 1.29 is 10.0 Å². The lowest BCUT2D eigenvalue weighted by Gasteiger charge is -2.18. The van der Waals surface area contributed by atoms with Gasteiger partial charge in [0.15, 0.2) is 0 Å². The first kappa shape index (κ1) is 16.1. The number of hydroxylamine groups is 2. The fourth-order valence-electron chi connectivity index (χ4n) is 2.14. The van der Waals surface area contributed by atoms with Gasteiger partial charge in [-0.3, -0.25) is 10.0 Å². The van der Waals surface area contributed by atoms with E-state index in [0.717, 1.165) is 24.3 Å². The predicted molar refractivity (Wildman–Crippen MR) is 81.4 cm³/mol. The first-order chi connectivity index (χ1) is 8.99. The molecule has 1 rings (SSSR count). The first-order valence-electron chi connectivity index (χ1n) is 6.83. The molecule has 0 aliphatic heterocycles. The minimum Gasteiger partial charge on any atom is -0.286 e. The van der Waals surface area contributed by atoms with Gasteiger partial charge in [-0.25, -0.2) is 5.06 Å². The number of hydrogen-bond acceptors (Lipinski definition) is 2. The number of benzene rings is 1. The van der Waals surface area contributed by atoms with Gasteiger partial charge in [0.25, 0.3) is 0 Å². The van der Waals surface area contributed by atoms with Crippen LogP contribution in [-0.2, 0) is 17.6 Å². The van der Waals surface area contributed by atoms with Crippen molar-refractivity contribution in [1.82, 2.24) is 5.06 Å². The third-order valence-electron chi connectivity index (χ3n) is 3.44. The summed E-state index contributed by atoms with van der Waals surface area (Å²) in [6, 6.07) is 6.57. The summed E-state index contributed by atoms with van der Waals surface area (Å²) in [6.45, 7) is 6.06. The summed E-state index contributed by atoms with van der Waals surface area (Å²) in [5, 5.41) is 10.2. The number of carbonyl (C=O) groups is 1. The van der Waals surface area contributed by atoms with Gasteiger partial charge in [0.05, 0.1) is 0 Å². The molecule has 1 aromatic carbocycles. The molecule has 0 aliphatic rings. The second-order valence-corrected chi connectivity index (χ2v) is 5.58. The predicted octanol–water partition coefficient (Wildman–Crippen LogP) is 3.36. The molecule has 1 amide bonds. The number of aryl methyl sites for hydroxylation is 2. The molecule has 0 fully saturated rings. The maximum atomic E-state index is 10.9. The topological polar surface area (TPSA) is 40.5 Å². The van der Waals surface area contributed by atoms with Gasteiger partial charge in [0.2, 0.25) is 5.91 Å². The maximum Gasteiger partial charge on any atom is 0.242 e. The highest BCUT2D eigenvalue weighted by molar-refractivity contribution is 7.17. The van der Waals surface area contributed by atoms with Crippen molar-refractivity contribution in [3.8, 4) is 0 Å². The van der Waals surface area contributed by atoms with Crippen LogP contribution >= 0.6 is 9.24 Å². The summed E-state index contributed by atoms with van der Waals surface area (Å²) >= 11 is 0. The van der Waals surface area contributed by atoms with E-state index in [4.69, 9.17) is 0 Å². The Hall–Kier alpha value is -0.920. The van der Waals surface area contributed by atoms with Crippen LogP contribution in [0.3, 0.4) is 0 Å². The Morgan fingerprint density at radius 2 is 1.95 bits per heavy atom. The van der Waals surface area contributed by atoms with E-state index < -0.39 is 0 Å². The normalized spacial score (nSPS) is 12.3. The summed E-state index contributed by atoms with van der Waals surface area (Å²) in [5.41, 5.74) is 4.29. The number of rotatable bonds is 6. The SMILES string of the molecule is CCc1ccc(C(P)CCN(O)C(C)=O)cc1CC. The summed E-state index contributed by atoms with van der Waals surface area (Å²) in [7, 11) is 2.80. The Kier molecular flexibility index (Phi) is 6.47. The molecular weight excluding hydrogens is 257 g/mol. The highest BCUT2D eigenvalue weighted by atomic mass is 31.0. The minimum absolute atomic E-state index is 0.255.